The monoisotopic (exact) mass is 500 g/mol. The Morgan fingerprint density at radius 1 is 1.29 bits per heavy atom. The third-order valence-electron chi connectivity index (χ3n) is 5.94. The maximum Gasteiger partial charge on any atom is 0.244 e. The van der Waals surface area contributed by atoms with E-state index in [9.17, 15) is 9.18 Å². The van der Waals surface area contributed by atoms with Gasteiger partial charge in [0.05, 0.1) is 17.8 Å². The van der Waals surface area contributed by atoms with Gasteiger partial charge < -0.3 is 14.5 Å². The van der Waals surface area contributed by atoms with Gasteiger partial charge in [-0.1, -0.05) is 11.6 Å². The van der Waals surface area contributed by atoms with E-state index in [0.29, 0.717) is 36.7 Å². The van der Waals surface area contributed by atoms with Crippen LogP contribution in [0.15, 0.2) is 42.0 Å². The number of aromatic nitrogens is 4. The minimum absolute atomic E-state index is 0.0619. The Kier molecular flexibility index (Phi) is 6.09. The molecule has 1 unspecified atom stereocenters. The highest BCUT2D eigenvalue weighted by molar-refractivity contribution is 7.13. The molecule has 1 aromatic carbocycles. The van der Waals surface area contributed by atoms with Crippen molar-refractivity contribution >= 4 is 45.6 Å². The van der Waals surface area contributed by atoms with Crippen molar-refractivity contribution in [2.24, 2.45) is 0 Å². The van der Waals surface area contributed by atoms with Crippen LogP contribution in [0.25, 0.3) is 21.7 Å². The Morgan fingerprint density at radius 2 is 2.15 bits per heavy atom. The number of fused-ring (bicyclic) bond motifs is 1. The van der Waals surface area contributed by atoms with E-state index in [1.807, 2.05) is 29.3 Å². The van der Waals surface area contributed by atoms with Crippen molar-refractivity contribution in [3.05, 3.63) is 52.9 Å². The first kappa shape index (κ1) is 22.5. The number of hydrogen-bond acceptors (Lipinski definition) is 7. The van der Waals surface area contributed by atoms with Crippen LogP contribution in [0.3, 0.4) is 0 Å². The first-order valence-corrected chi connectivity index (χ1v) is 12.0. The number of nitrogens with zero attached hydrogens (tertiary/aromatic N) is 6. The largest absolute Gasteiger partial charge is 0.495 e. The van der Waals surface area contributed by atoms with E-state index < -0.39 is 5.82 Å². The molecule has 11 heteroatoms. The molecule has 34 heavy (non-hydrogen) atoms. The summed E-state index contributed by atoms with van der Waals surface area (Å²) in [5, 5.41) is 8.42. The normalized spacial score (nSPS) is 16.3. The van der Waals surface area contributed by atoms with Gasteiger partial charge in [-0.15, -0.1) is 11.3 Å². The summed E-state index contributed by atoms with van der Waals surface area (Å²) in [4.78, 5) is 25.8. The summed E-state index contributed by atoms with van der Waals surface area (Å²) in [6.07, 6.45) is 3.42. The van der Waals surface area contributed by atoms with Gasteiger partial charge in [0.25, 0.3) is 0 Å². The summed E-state index contributed by atoms with van der Waals surface area (Å²) >= 11 is 7.52. The average molecular weight is 501 g/mol. The molecule has 0 spiro atoms. The van der Waals surface area contributed by atoms with Crippen molar-refractivity contribution in [3.8, 4) is 16.5 Å². The summed E-state index contributed by atoms with van der Waals surface area (Å²) < 4.78 is 21.5. The molecule has 8 nitrogen and oxygen atoms in total. The Morgan fingerprint density at radius 3 is 2.88 bits per heavy atom. The van der Waals surface area contributed by atoms with Crippen LogP contribution in [0.1, 0.15) is 6.92 Å². The molecule has 0 N–H and O–H groups in total. The van der Waals surface area contributed by atoms with Crippen molar-refractivity contribution in [2.45, 2.75) is 19.5 Å². The van der Waals surface area contributed by atoms with Gasteiger partial charge in [-0.2, -0.15) is 5.10 Å². The Hall–Kier alpha value is -3.24. The van der Waals surface area contributed by atoms with Crippen molar-refractivity contribution in [1.82, 2.24) is 24.6 Å². The number of thiazole rings is 1. The van der Waals surface area contributed by atoms with E-state index in [1.165, 1.54) is 24.5 Å². The second-order valence-corrected chi connectivity index (χ2v) is 9.34. The number of carbonyl (C=O) groups excluding carboxylic acids is 1. The van der Waals surface area contributed by atoms with Gasteiger partial charge >= 0.3 is 0 Å². The summed E-state index contributed by atoms with van der Waals surface area (Å²) in [6.45, 7) is 3.44. The Balaban J connectivity index is 1.34. The standard InChI is InChI=1S/C23H22ClFN6O2S/c1-14-12-29(18-11-19(33-2)16(24)10-17(18)25)7-8-30(14)20(32)13-31-22-15(4-3-5-26-22)21(28-31)23-27-6-9-34-23/h3-6,9-11,14H,7-8,12-13H2,1-2H3. The molecule has 4 aromatic rings. The number of rotatable bonds is 5. The van der Waals surface area contributed by atoms with E-state index in [1.54, 1.807) is 28.0 Å². The summed E-state index contributed by atoms with van der Waals surface area (Å²) in [7, 11) is 1.50. The van der Waals surface area contributed by atoms with Gasteiger partial charge in [0.1, 0.15) is 28.8 Å². The van der Waals surface area contributed by atoms with Gasteiger partial charge in [-0.3, -0.25) is 4.79 Å². The molecular weight excluding hydrogens is 479 g/mol. The van der Waals surface area contributed by atoms with Crippen LogP contribution in [0.4, 0.5) is 10.1 Å². The van der Waals surface area contributed by atoms with Crippen molar-refractivity contribution in [2.75, 3.05) is 31.6 Å². The van der Waals surface area contributed by atoms with Crippen LogP contribution in [0, 0.1) is 5.82 Å². The van der Waals surface area contributed by atoms with Gasteiger partial charge in [0.15, 0.2) is 5.65 Å². The van der Waals surface area contributed by atoms with Gasteiger partial charge in [-0.05, 0) is 25.1 Å². The van der Waals surface area contributed by atoms with Crippen LogP contribution >= 0.6 is 22.9 Å². The highest BCUT2D eigenvalue weighted by Gasteiger charge is 2.30. The van der Waals surface area contributed by atoms with E-state index in [-0.39, 0.29) is 23.5 Å². The van der Waals surface area contributed by atoms with E-state index >= 15 is 0 Å². The predicted octanol–water partition coefficient (Wildman–Crippen LogP) is 4.09. The van der Waals surface area contributed by atoms with Gasteiger partial charge in [0.2, 0.25) is 5.91 Å². The Labute approximate surface area is 204 Å². The number of amides is 1. The van der Waals surface area contributed by atoms with Crippen LogP contribution in [-0.4, -0.2) is 63.3 Å². The highest BCUT2D eigenvalue weighted by Crippen LogP contribution is 2.33. The molecule has 1 aliphatic rings. The quantitative estimate of drug-likeness (QED) is 0.411. The zero-order valence-electron chi connectivity index (χ0n) is 18.6. The SMILES string of the molecule is COc1cc(N2CCN(C(=O)Cn3nc(-c4nccs4)c4cccnc43)C(C)C2)c(F)cc1Cl. The molecule has 0 saturated carbocycles. The second kappa shape index (κ2) is 9.19. The lowest BCUT2D eigenvalue weighted by atomic mass is 10.1. The zero-order valence-corrected chi connectivity index (χ0v) is 20.2. The number of carbonyl (C=O) groups is 1. The number of piperazine rings is 1. The molecule has 1 saturated heterocycles. The van der Waals surface area contributed by atoms with Crippen molar-refractivity contribution < 1.29 is 13.9 Å². The molecule has 1 atom stereocenters. The summed E-state index contributed by atoms with van der Waals surface area (Å²) in [5.74, 6) is -0.0676. The van der Waals surface area contributed by atoms with Crippen LogP contribution in [0.5, 0.6) is 5.75 Å². The molecular formula is C23H22ClFN6O2S. The lowest BCUT2D eigenvalue weighted by Gasteiger charge is -2.41. The predicted molar refractivity (Wildman–Crippen MR) is 130 cm³/mol. The molecule has 0 aliphatic carbocycles. The summed E-state index contributed by atoms with van der Waals surface area (Å²) in [6, 6.07) is 6.51. The van der Waals surface area contributed by atoms with E-state index in [2.05, 4.69) is 15.1 Å². The fourth-order valence-electron chi connectivity index (χ4n) is 4.30. The topological polar surface area (TPSA) is 76.4 Å². The smallest absolute Gasteiger partial charge is 0.244 e. The van der Waals surface area contributed by atoms with Crippen LogP contribution in [-0.2, 0) is 11.3 Å². The Bertz CT molecular complexity index is 1340. The lowest BCUT2D eigenvalue weighted by molar-refractivity contribution is -0.134. The van der Waals surface area contributed by atoms with E-state index in [4.69, 9.17) is 16.3 Å². The van der Waals surface area contributed by atoms with Gasteiger partial charge in [0, 0.05) is 54.9 Å². The first-order valence-electron chi connectivity index (χ1n) is 10.7. The maximum atomic E-state index is 14.6. The minimum atomic E-state index is -0.415. The van der Waals surface area contributed by atoms with Crippen LogP contribution < -0.4 is 9.64 Å². The molecule has 1 amide bonds. The fraction of sp³-hybridized carbons (Fsp3) is 0.304. The fourth-order valence-corrected chi connectivity index (χ4v) is 5.16. The molecule has 0 radical (unpaired) electrons. The highest BCUT2D eigenvalue weighted by atomic mass is 35.5. The third-order valence-corrected chi connectivity index (χ3v) is 7.01. The van der Waals surface area contributed by atoms with Crippen molar-refractivity contribution in [1.29, 1.82) is 0 Å². The lowest BCUT2D eigenvalue weighted by Crippen LogP contribution is -2.55. The first-order chi connectivity index (χ1) is 16.5. The molecule has 4 heterocycles. The molecule has 1 fully saturated rings. The van der Waals surface area contributed by atoms with E-state index in [0.717, 1.165) is 16.1 Å². The number of hydrogen-bond donors (Lipinski definition) is 0. The molecule has 0 bridgehead atoms. The number of benzene rings is 1. The number of pyridine rings is 1. The maximum absolute atomic E-state index is 14.6. The summed E-state index contributed by atoms with van der Waals surface area (Å²) in [5.41, 5.74) is 1.77. The van der Waals surface area contributed by atoms with Crippen LogP contribution in [0.2, 0.25) is 5.02 Å². The third kappa shape index (κ3) is 4.07. The van der Waals surface area contributed by atoms with Gasteiger partial charge in [-0.25, -0.2) is 19.0 Å². The molecule has 176 valence electrons. The molecule has 5 rings (SSSR count). The zero-order chi connectivity index (χ0) is 23.8. The number of halogens is 2. The second-order valence-electron chi connectivity index (χ2n) is 8.04. The molecule has 3 aromatic heterocycles. The number of ether oxygens (including phenoxy) is 1. The van der Waals surface area contributed by atoms with Crippen molar-refractivity contribution in [3.63, 3.8) is 0 Å². The minimum Gasteiger partial charge on any atom is -0.495 e. The molecule has 1 aliphatic heterocycles. The number of methoxy groups -OCH3 is 1. The number of anilines is 1. The average Bonchev–Trinajstić information content (AvgIpc) is 3.48.